The van der Waals surface area contributed by atoms with Crippen LogP contribution in [0.15, 0.2) is 65.1 Å². The Labute approximate surface area is 166 Å². The van der Waals surface area contributed by atoms with Crippen molar-refractivity contribution in [3.63, 3.8) is 0 Å². The van der Waals surface area contributed by atoms with Crippen LogP contribution in [0.25, 0.3) is 0 Å². The molecule has 0 saturated heterocycles. The summed E-state index contributed by atoms with van der Waals surface area (Å²) in [5, 5.41) is 18.8. The van der Waals surface area contributed by atoms with Crippen molar-refractivity contribution in [1.82, 2.24) is 0 Å². The monoisotopic (exact) mass is 414 g/mol. The molecule has 0 bridgehead atoms. The number of nitrogens with zero attached hydrogens (tertiary/aromatic N) is 4. The number of anilines is 5. The average molecular weight is 415 g/mol. The fourth-order valence-electron chi connectivity index (χ4n) is 3.47. The molecule has 0 aromatic heterocycles. The van der Waals surface area contributed by atoms with Crippen LogP contribution in [-0.4, -0.2) is 6.54 Å². The van der Waals surface area contributed by atoms with Crippen molar-refractivity contribution in [3.05, 3.63) is 76.3 Å². The predicted octanol–water partition coefficient (Wildman–Crippen LogP) is 6.13. The molecule has 3 aromatic carbocycles. The fourth-order valence-corrected chi connectivity index (χ4v) is 3.73. The van der Waals surface area contributed by atoms with Crippen LogP contribution in [0.2, 0.25) is 0 Å². The van der Waals surface area contributed by atoms with Gasteiger partial charge in [0.05, 0.1) is 46.0 Å². The van der Waals surface area contributed by atoms with E-state index in [9.17, 15) is 10.5 Å². The van der Waals surface area contributed by atoms with E-state index in [4.69, 9.17) is 0 Å². The molecule has 0 radical (unpaired) electrons. The van der Waals surface area contributed by atoms with Crippen LogP contribution >= 0.6 is 15.9 Å². The van der Waals surface area contributed by atoms with Gasteiger partial charge in [-0.25, -0.2) is 0 Å². The van der Waals surface area contributed by atoms with Crippen molar-refractivity contribution in [2.75, 3.05) is 16.3 Å². The fraction of sp³-hybridized carbons (Fsp3) is 0.0909. The van der Waals surface area contributed by atoms with Gasteiger partial charge in [-0.1, -0.05) is 15.9 Å². The molecule has 0 saturated carbocycles. The zero-order valence-electron chi connectivity index (χ0n) is 14.6. The molecule has 4 nitrogen and oxygen atoms in total. The van der Waals surface area contributed by atoms with Gasteiger partial charge >= 0.3 is 0 Å². The SMILES string of the molecule is CCN1c2ccc(C#N)cc2N(c2ccc(Br)cc2)c2cc(C#N)ccc21. The summed E-state index contributed by atoms with van der Waals surface area (Å²) in [5.41, 5.74) is 6.12. The van der Waals surface area contributed by atoms with Crippen molar-refractivity contribution < 1.29 is 0 Å². The molecule has 1 aliphatic rings. The van der Waals surface area contributed by atoms with Crippen LogP contribution in [-0.2, 0) is 0 Å². The molecule has 0 unspecified atom stereocenters. The Kier molecular flexibility index (Phi) is 4.32. The van der Waals surface area contributed by atoms with Gasteiger partial charge in [-0.3, -0.25) is 0 Å². The maximum atomic E-state index is 9.40. The van der Waals surface area contributed by atoms with Gasteiger partial charge in [0.15, 0.2) is 0 Å². The van der Waals surface area contributed by atoms with E-state index in [1.807, 2.05) is 60.7 Å². The molecule has 0 aliphatic carbocycles. The van der Waals surface area contributed by atoms with E-state index in [2.05, 4.69) is 44.8 Å². The summed E-state index contributed by atoms with van der Waals surface area (Å²) in [4.78, 5) is 4.33. The zero-order chi connectivity index (χ0) is 19.0. The number of hydrogen-bond donors (Lipinski definition) is 0. The Morgan fingerprint density at radius 2 is 1.30 bits per heavy atom. The smallest absolute Gasteiger partial charge is 0.0992 e. The molecule has 1 aliphatic heterocycles. The van der Waals surface area contributed by atoms with Gasteiger partial charge in [-0.05, 0) is 67.6 Å². The molecule has 0 atom stereocenters. The highest BCUT2D eigenvalue weighted by Gasteiger charge is 2.29. The van der Waals surface area contributed by atoms with E-state index >= 15 is 0 Å². The summed E-state index contributed by atoms with van der Waals surface area (Å²) in [7, 11) is 0. The van der Waals surface area contributed by atoms with E-state index in [1.165, 1.54) is 0 Å². The van der Waals surface area contributed by atoms with Gasteiger partial charge in [0.1, 0.15) is 0 Å². The van der Waals surface area contributed by atoms with Gasteiger partial charge in [-0.15, -0.1) is 0 Å². The predicted molar refractivity (Wildman–Crippen MR) is 111 cm³/mol. The summed E-state index contributed by atoms with van der Waals surface area (Å²) in [5.74, 6) is 0. The van der Waals surface area contributed by atoms with Crippen molar-refractivity contribution in [2.24, 2.45) is 0 Å². The minimum Gasteiger partial charge on any atom is -0.338 e. The molecule has 0 fully saturated rings. The van der Waals surface area contributed by atoms with E-state index in [0.29, 0.717) is 11.1 Å². The second-order valence-electron chi connectivity index (χ2n) is 6.19. The van der Waals surface area contributed by atoms with Crippen LogP contribution in [0.1, 0.15) is 18.1 Å². The highest BCUT2D eigenvalue weighted by atomic mass is 79.9. The maximum Gasteiger partial charge on any atom is 0.0992 e. The molecule has 1 heterocycles. The summed E-state index contributed by atoms with van der Waals surface area (Å²) in [6.45, 7) is 2.88. The third kappa shape index (κ3) is 2.83. The Balaban J connectivity index is 2.04. The Hall–Kier alpha value is -3.28. The highest BCUT2D eigenvalue weighted by molar-refractivity contribution is 9.10. The van der Waals surface area contributed by atoms with Gasteiger partial charge in [0, 0.05) is 16.7 Å². The van der Waals surface area contributed by atoms with E-state index in [1.54, 1.807) is 0 Å². The van der Waals surface area contributed by atoms with Gasteiger partial charge < -0.3 is 9.80 Å². The first-order valence-corrected chi connectivity index (χ1v) is 9.37. The van der Waals surface area contributed by atoms with Crippen molar-refractivity contribution >= 4 is 44.4 Å². The van der Waals surface area contributed by atoms with Crippen molar-refractivity contribution in [1.29, 1.82) is 10.5 Å². The summed E-state index contributed by atoms with van der Waals surface area (Å²) in [6.07, 6.45) is 0. The molecular weight excluding hydrogens is 400 g/mol. The minimum absolute atomic E-state index is 0.604. The third-order valence-corrected chi connectivity index (χ3v) is 5.20. The van der Waals surface area contributed by atoms with Gasteiger partial charge in [0.2, 0.25) is 0 Å². The molecule has 27 heavy (non-hydrogen) atoms. The largest absolute Gasteiger partial charge is 0.338 e. The lowest BCUT2D eigenvalue weighted by atomic mass is 10.0. The lowest BCUT2D eigenvalue weighted by Gasteiger charge is -2.40. The lowest BCUT2D eigenvalue weighted by molar-refractivity contribution is 0.998. The molecule has 0 amide bonds. The number of halogens is 1. The Morgan fingerprint density at radius 1 is 0.778 bits per heavy atom. The number of hydrogen-bond acceptors (Lipinski definition) is 4. The summed E-state index contributed by atoms with van der Waals surface area (Å²) >= 11 is 3.49. The Bertz CT molecular complexity index is 1040. The highest BCUT2D eigenvalue weighted by Crippen LogP contribution is 2.51. The van der Waals surface area contributed by atoms with Crippen molar-refractivity contribution in [2.45, 2.75) is 6.92 Å². The number of rotatable bonds is 2. The molecular formula is C22H15BrN4. The molecule has 3 aromatic rings. The Morgan fingerprint density at radius 3 is 1.74 bits per heavy atom. The average Bonchev–Trinajstić information content (AvgIpc) is 2.72. The summed E-state index contributed by atoms with van der Waals surface area (Å²) < 4.78 is 0.996. The lowest BCUT2D eigenvalue weighted by Crippen LogP contribution is -2.27. The topological polar surface area (TPSA) is 54.1 Å². The van der Waals surface area contributed by atoms with E-state index < -0.39 is 0 Å². The first-order valence-electron chi connectivity index (χ1n) is 8.57. The molecule has 0 N–H and O–H groups in total. The first kappa shape index (κ1) is 17.1. The van der Waals surface area contributed by atoms with Crippen LogP contribution in [0.5, 0.6) is 0 Å². The number of fused-ring (bicyclic) bond motifs is 2. The van der Waals surface area contributed by atoms with Crippen LogP contribution < -0.4 is 9.80 Å². The van der Waals surface area contributed by atoms with E-state index in [0.717, 1.165) is 39.5 Å². The third-order valence-electron chi connectivity index (χ3n) is 4.67. The number of benzene rings is 3. The molecule has 0 spiro atoms. The second-order valence-corrected chi connectivity index (χ2v) is 7.10. The first-order chi connectivity index (χ1) is 13.2. The van der Waals surface area contributed by atoms with Gasteiger partial charge in [-0.2, -0.15) is 10.5 Å². The summed E-state index contributed by atoms with van der Waals surface area (Å²) in [6, 6.07) is 24.0. The maximum absolute atomic E-state index is 9.40. The molecule has 4 rings (SSSR count). The zero-order valence-corrected chi connectivity index (χ0v) is 16.2. The van der Waals surface area contributed by atoms with Gasteiger partial charge in [0.25, 0.3) is 0 Å². The standard InChI is InChI=1S/C22H15BrN4/c1-2-26-19-9-3-15(13-24)11-21(19)27(18-7-5-17(23)6-8-18)22-12-16(14-25)4-10-20(22)26/h3-12H,2H2,1H3. The van der Waals surface area contributed by atoms with E-state index in [-0.39, 0.29) is 0 Å². The molecule has 5 heteroatoms. The second kappa shape index (κ2) is 6.79. The molecule has 130 valence electrons. The number of nitriles is 2. The van der Waals surface area contributed by atoms with Crippen LogP contribution in [0.4, 0.5) is 28.4 Å². The quantitative estimate of drug-likeness (QED) is 0.505. The van der Waals surface area contributed by atoms with Crippen molar-refractivity contribution in [3.8, 4) is 12.1 Å². The van der Waals surface area contributed by atoms with Crippen LogP contribution in [0.3, 0.4) is 0 Å². The normalized spacial score (nSPS) is 12.0. The van der Waals surface area contributed by atoms with Crippen LogP contribution in [0, 0.1) is 22.7 Å². The minimum atomic E-state index is 0.604.